The lowest BCUT2D eigenvalue weighted by molar-refractivity contribution is 1.44. The average molecular weight is 286 g/mol. The van der Waals surface area contributed by atoms with Gasteiger partial charge < -0.3 is 11.5 Å². The van der Waals surface area contributed by atoms with E-state index in [1.54, 1.807) is 6.21 Å². The Morgan fingerprint density at radius 3 is 2.35 bits per heavy atom. The van der Waals surface area contributed by atoms with Crippen molar-refractivity contribution in [3.8, 4) is 0 Å². The Morgan fingerprint density at radius 1 is 1.10 bits per heavy atom. The third kappa shape index (κ3) is 3.00. The Morgan fingerprint density at radius 2 is 1.75 bits per heavy atom. The fraction of sp³-hybridized carbons (Fsp3) is 0.0625. The van der Waals surface area contributed by atoms with Gasteiger partial charge in [-0.2, -0.15) is 0 Å². The molecular weight excluding hydrogens is 270 g/mol. The molecule has 0 saturated heterocycles. The van der Waals surface area contributed by atoms with Crippen LogP contribution in [0, 0.1) is 0 Å². The van der Waals surface area contributed by atoms with Gasteiger partial charge in [0.25, 0.3) is 0 Å². The summed E-state index contributed by atoms with van der Waals surface area (Å²) >= 11 is 6.23. The zero-order valence-electron chi connectivity index (χ0n) is 11.2. The second kappa shape index (κ2) is 6.26. The van der Waals surface area contributed by atoms with Crippen LogP contribution in [0.15, 0.2) is 53.5 Å². The zero-order chi connectivity index (χ0) is 14.5. The molecule has 0 aliphatic rings. The molecule has 0 amide bonds. The number of nitrogens with two attached hydrogens (primary N) is 2. The number of rotatable bonds is 3. The Hall–Kier alpha value is -2.26. The van der Waals surface area contributed by atoms with E-state index in [4.69, 9.17) is 23.1 Å². The Balaban J connectivity index is 2.60. The molecule has 0 spiro atoms. The molecule has 4 heteroatoms. The summed E-state index contributed by atoms with van der Waals surface area (Å²) in [6, 6.07) is 14.8. The lowest BCUT2D eigenvalue weighted by atomic mass is 10.1. The SMILES string of the molecule is CC=N/C(=C(\N)c1ccc(N)cc1)c1ccccc1Cl. The first-order valence-electron chi connectivity index (χ1n) is 6.22. The predicted molar refractivity (Wildman–Crippen MR) is 87.5 cm³/mol. The van der Waals surface area contributed by atoms with Crippen LogP contribution in [-0.2, 0) is 0 Å². The van der Waals surface area contributed by atoms with Crippen molar-refractivity contribution < 1.29 is 0 Å². The van der Waals surface area contributed by atoms with Crippen molar-refractivity contribution in [2.75, 3.05) is 5.73 Å². The van der Waals surface area contributed by atoms with Crippen molar-refractivity contribution in [1.82, 2.24) is 0 Å². The molecule has 0 aliphatic heterocycles. The molecule has 0 aliphatic carbocycles. The molecule has 0 unspecified atom stereocenters. The van der Waals surface area contributed by atoms with Crippen molar-refractivity contribution in [2.24, 2.45) is 10.7 Å². The highest BCUT2D eigenvalue weighted by Gasteiger charge is 2.10. The van der Waals surface area contributed by atoms with Crippen molar-refractivity contribution in [2.45, 2.75) is 6.92 Å². The normalized spacial score (nSPS) is 12.5. The van der Waals surface area contributed by atoms with Crippen LogP contribution in [0.4, 0.5) is 5.69 Å². The van der Waals surface area contributed by atoms with Gasteiger partial charge in [-0.05, 0) is 30.7 Å². The molecule has 3 nitrogen and oxygen atoms in total. The summed E-state index contributed by atoms with van der Waals surface area (Å²) in [6.07, 6.45) is 1.70. The monoisotopic (exact) mass is 285 g/mol. The van der Waals surface area contributed by atoms with E-state index in [0.717, 1.165) is 11.1 Å². The maximum atomic E-state index is 6.24. The zero-order valence-corrected chi connectivity index (χ0v) is 11.9. The molecule has 102 valence electrons. The molecule has 2 aromatic carbocycles. The van der Waals surface area contributed by atoms with Gasteiger partial charge in [-0.3, -0.25) is 4.99 Å². The van der Waals surface area contributed by atoms with Gasteiger partial charge in [0.05, 0.1) is 16.4 Å². The summed E-state index contributed by atoms with van der Waals surface area (Å²) in [5.41, 5.74) is 15.5. The molecule has 0 aromatic heterocycles. The quantitative estimate of drug-likeness (QED) is 0.512. The molecule has 0 atom stereocenters. The highest BCUT2D eigenvalue weighted by molar-refractivity contribution is 6.32. The molecule has 0 fully saturated rings. The van der Waals surface area contributed by atoms with E-state index < -0.39 is 0 Å². The second-order valence-electron chi connectivity index (χ2n) is 4.25. The summed E-state index contributed by atoms with van der Waals surface area (Å²) in [5, 5.41) is 0.617. The number of aliphatic imine (C=N–C) groups is 1. The average Bonchev–Trinajstić information content (AvgIpc) is 2.46. The Bertz CT molecular complexity index is 658. The summed E-state index contributed by atoms with van der Waals surface area (Å²) in [5.74, 6) is 0. The van der Waals surface area contributed by atoms with E-state index in [2.05, 4.69) is 4.99 Å². The maximum Gasteiger partial charge on any atom is 0.0948 e. The summed E-state index contributed by atoms with van der Waals surface area (Å²) in [6.45, 7) is 1.84. The summed E-state index contributed by atoms with van der Waals surface area (Å²) < 4.78 is 0. The first-order valence-corrected chi connectivity index (χ1v) is 6.60. The van der Waals surface area contributed by atoms with Crippen molar-refractivity contribution >= 4 is 34.9 Å². The van der Waals surface area contributed by atoms with Crippen LogP contribution < -0.4 is 11.5 Å². The molecule has 0 radical (unpaired) electrons. The van der Waals surface area contributed by atoms with Gasteiger partial charge in [-0.25, -0.2) is 0 Å². The first kappa shape index (κ1) is 14.2. The number of hydrogen-bond donors (Lipinski definition) is 2. The molecular formula is C16H16ClN3. The van der Waals surface area contributed by atoms with Gasteiger partial charge in [-0.1, -0.05) is 41.9 Å². The largest absolute Gasteiger partial charge is 0.399 e. The fourth-order valence-corrected chi connectivity index (χ4v) is 2.09. The third-order valence-corrected chi connectivity index (χ3v) is 3.19. The standard InChI is InChI=1S/C16H16ClN3/c1-2-20-16(13-5-3-4-6-14(13)17)15(19)11-7-9-12(18)10-8-11/h2-10H,18-19H2,1H3/b16-15-,20-2?. The minimum absolute atomic E-state index is 0.566. The van der Waals surface area contributed by atoms with Crippen LogP contribution in [0.2, 0.25) is 5.02 Å². The smallest absolute Gasteiger partial charge is 0.0948 e. The van der Waals surface area contributed by atoms with Gasteiger partial charge in [0.1, 0.15) is 0 Å². The van der Waals surface area contributed by atoms with Gasteiger partial charge in [0.2, 0.25) is 0 Å². The van der Waals surface area contributed by atoms with E-state index in [1.807, 2.05) is 55.5 Å². The topological polar surface area (TPSA) is 64.4 Å². The lowest BCUT2D eigenvalue weighted by Crippen LogP contribution is -2.01. The number of anilines is 1. The van der Waals surface area contributed by atoms with Crippen molar-refractivity contribution in [3.05, 3.63) is 64.7 Å². The highest BCUT2D eigenvalue weighted by Crippen LogP contribution is 2.29. The molecule has 4 N–H and O–H groups in total. The van der Waals surface area contributed by atoms with Gasteiger partial charge in [0, 0.05) is 17.5 Å². The van der Waals surface area contributed by atoms with Crippen LogP contribution >= 0.6 is 11.6 Å². The van der Waals surface area contributed by atoms with Crippen LogP contribution in [-0.4, -0.2) is 6.21 Å². The van der Waals surface area contributed by atoms with Gasteiger partial charge in [0.15, 0.2) is 0 Å². The van der Waals surface area contributed by atoms with Crippen LogP contribution in [0.25, 0.3) is 11.4 Å². The summed E-state index contributed by atoms with van der Waals surface area (Å²) in [4.78, 5) is 4.37. The summed E-state index contributed by atoms with van der Waals surface area (Å²) in [7, 11) is 0. The molecule has 20 heavy (non-hydrogen) atoms. The maximum absolute atomic E-state index is 6.24. The number of hydrogen-bond acceptors (Lipinski definition) is 3. The van der Waals surface area contributed by atoms with E-state index in [1.165, 1.54) is 0 Å². The van der Waals surface area contributed by atoms with Gasteiger partial charge >= 0.3 is 0 Å². The van der Waals surface area contributed by atoms with E-state index >= 15 is 0 Å². The Kier molecular flexibility index (Phi) is 4.43. The van der Waals surface area contributed by atoms with E-state index in [0.29, 0.717) is 22.1 Å². The molecule has 0 bridgehead atoms. The van der Waals surface area contributed by atoms with Crippen molar-refractivity contribution in [1.29, 1.82) is 0 Å². The van der Waals surface area contributed by atoms with E-state index in [9.17, 15) is 0 Å². The minimum Gasteiger partial charge on any atom is -0.399 e. The predicted octanol–water partition coefficient (Wildman–Crippen LogP) is 3.80. The van der Waals surface area contributed by atoms with Crippen LogP contribution in [0.3, 0.4) is 0 Å². The number of benzene rings is 2. The van der Waals surface area contributed by atoms with Gasteiger partial charge in [-0.15, -0.1) is 0 Å². The third-order valence-electron chi connectivity index (χ3n) is 2.86. The van der Waals surface area contributed by atoms with E-state index in [-0.39, 0.29) is 0 Å². The number of halogens is 1. The molecule has 2 rings (SSSR count). The highest BCUT2D eigenvalue weighted by atomic mass is 35.5. The molecule has 0 saturated carbocycles. The Labute approximate surface area is 123 Å². The lowest BCUT2D eigenvalue weighted by Gasteiger charge is -2.10. The number of nitrogens with zero attached hydrogens (tertiary/aromatic N) is 1. The van der Waals surface area contributed by atoms with Crippen LogP contribution in [0.1, 0.15) is 18.1 Å². The molecule has 0 heterocycles. The number of nitrogen functional groups attached to an aromatic ring is 1. The second-order valence-corrected chi connectivity index (χ2v) is 4.66. The first-order chi connectivity index (χ1) is 9.63. The fourth-order valence-electron chi connectivity index (χ4n) is 1.87. The van der Waals surface area contributed by atoms with Crippen LogP contribution in [0.5, 0.6) is 0 Å². The minimum atomic E-state index is 0.566. The molecule has 2 aromatic rings. The van der Waals surface area contributed by atoms with Crippen molar-refractivity contribution in [3.63, 3.8) is 0 Å².